The van der Waals surface area contributed by atoms with Crippen molar-refractivity contribution in [2.75, 3.05) is 16.4 Å². The third-order valence-electron chi connectivity index (χ3n) is 16.7. The SMILES string of the molecule is CCCCCCCCC1(CCCCCCCC)c2cc(N)ccc2-c2ccc(N)c(-c3ccc4c(c3)C(C)(C)c3cc(N(c5ccc(CCCCCC)cc5)c5ccc(CCCCCC)cc5)ccc3-4)c21. The molecule has 0 bridgehead atoms. The Morgan fingerprint density at radius 3 is 1.38 bits per heavy atom. The van der Waals surface area contributed by atoms with Crippen molar-refractivity contribution >= 4 is 28.4 Å². The van der Waals surface area contributed by atoms with E-state index in [1.165, 1.54) is 212 Å². The lowest BCUT2D eigenvalue weighted by Gasteiger charge is -2.35. The van der Waals surface area contributed by atoms with E-state index in [9.17, 15) is 0 Å². The number of fused-ring (bicyclic) bond motifs is 6. The summed E-state index contributed by atoms with van der Waals surface area (Å²) in [5, 5.41) is 0. The maximum absolute atomic E-state index is 7.35. The van der Waals surface area contributed by atoms with Crippen LogP contribution in [0, 0.1) is 0 Å². The Labute approximate surface area is 431 Å². The van der Waals surface area contributed by atoms with Gasteiger partial charge in [0.05, 0.1) is 0 Å². The first-order valence-electron chi connectivity index (χ1n) is 28.8. The predicted octanol–water partition coefficient (Wildman–Crippen LogP) is 20.3. The molecule has 0 atom stereocenters. The largest absolute Gasteiger partial charge is 0.399 e. The van der Waals surface area contributed by atoms with Crippen LogP contribution in [0.3, 0.4) is 0 Å². The van der Waals surface area contributed by atoms with Crippen LogP contribution in [0.1, 0.15) is 216 Å². The second kappa shape index (κ2) is 24.4. The Hall–Kier alpha value is -5.28. The molecule has 0 amide bonds. The summed E-state index contributed by atoms with van der Waals surface area (Å²) < 4.78 is 0. The van der Waals surface area contributed by atoms with Gasteiger partial charge < -0.3 is 16.4 Å². The average Bonchev–Trinajstić information content (AvgIpc) is 3.77. The molecule has 0 fully saturated rings. The molecule has 0 aromatic heterocycles. The number of nitrogen functional groups attached to an aromatic ring is 2. The molecule has 0 saturated carbocycles. The number of nitrogens with two attached hydrogens (primary N) is 2. The maximum atomic E-state index is 7.35. The van der Waals surface area contributed by atoms with Crippen LogP contribution in [0.25, 0.3) is 33.4 Å². The molecule has 2 aliphatic carbocycles. The van der Waals surface area contributed by atoms with Crippen molar-refractivity contribution in [1.82, 2.24) is 0 Å². The number of nitrogens with zero attached hydrogens (tertiary/aromatic N) is 1. The minimum Gasteiger partial charge on any atom is -0.399 e. The quantitative estimate of drug-likeness (QED) is 0.0381. The summed E-state index contributed by atoms with van der Waals surface area (Å²) in [5.41, 5.74) is 35.4. The molecule has 8 rings (SSSR count). The van der Waals surface area contributed by atoms with E-state index in [1.54, 1.807) is 0 Å². The highest BCUT2D eigenvalue weighted by molar-refractivity contribution is 5.96. The van der Waals surface area contributed by atoms with E-state index in [-0.39, 0.29) is 10.8 Å². The average molecular weight is 948 g/mol. The molecule has 6 aromatic carbocycles. The molecule has 2 aliphatic rings. The van der Waals surface area contributed by atoms with Crippen LogP contribution in [0.2, 0.25) is 0 Å². The first-order valence-corrected chi connectivity index (χ1v) is 28.8. The van der Waals surface area contributed by atoms with Gasteiger partial charge in [0, 0.05) is 44.8 Å². The van der Waals surface area contributed by atoms with E-state index >= 15 is 0 Å². The molecular formula is C68H89N3. The zero-order valence-electron chi connectivity index (χ0n) is 45.0. The first-order chi connectivity index (χ1) is 34.6. The molecule has 0 radical (unpaired) electrons. The van der Waals surface area contributed by atoms with Crippen LogP contribution in [0.5, 0.6) is 0 Å². The van der Waals surface area contributed by atoms with E-state index in [0.29, 0.717) is 0 Å². The first kappa shape index (κ1) is 52.1. The summed E-state index contributed by atoms with van der Waals surface area (Å²) in [4.78, 5) is 2.48. The van der Waals surface area contributed by atoms with Crippen molar-refractivity contribution in [3.63, 3.8) is 0 Å². The van der Waals surface area contributed by atoms with Crippen LogP contribution in [-0.2, 0) is 23.7 Å². The summed E-state index contributed by atoms with van der Waals surface area (Å²) in [7, 11) is 0. The van der Waals surface area contributed by atoms with Crippen LogP contribution < -0.4 is 16.4 Å². The standard InChI is InChI=1S/C68H89N3/c1-7-11-15-19-21-25-45-68(46-26-22-20-16-12-8-2)63-48-53(69)34-41-59(63)60-43-44-64(70)65(66(60)68)52-33-40-57-58-42-39-56(49-62(58)67(5,6)61(57)47-52)71(54-35-29-50(30-36-54)27-23-17-13-9-3)55-37-31-51(32-38-55)28-24-18-14-10-4/h29-44,47-49H,7-28,45-46,69-70H2,1-6H3. The second-order valence-corrected chi connectivity index (χ2v) is 22.3. The Morgan fingerprint density at radius 1 is 0.394 bits per heavy atom. The molecule has 0 unspecified atom stereocenters. The number of benzene rings is 6. The lowest BCUT2D eigenvalue weighted by molar-refractivity contribution is 0.399. The van der Waals surface area contributed by atoms with Crippen LogP contribution >= 0.6 is 0 Å². The van der Waals surface area contributed by atoms with Crippen LogP contribution in [-0.4, -0.2) is 0 Å². The maximum Gasteiger partial charge on any atom is 0.0465 e. The molecule has 71 heavy (non-hydrogen) atoms. The minimum absolute atomic E-state index is 0.142. The highest BCUT2D eigenvalue weighted by Gasteiger charge is 2.45. The van der Waals surface area contributed by atoms with Crippen molar-refractivity contribution in [3.05, 3.63) is 149 Å². The zero-order chi connectivity index (χ0) is 49.8. The predicted molar refractivity (Wildman–Crippen MR) is 311 cm³/mol. The van der Waals surface area contributed by atoms with Gasteiger partial charge >= 0.3 is 0 Å². The summed E-state index contributed by atoms with van der Waals surface area (Å²) in [6, 6.07) is 44.7. The fourth-order valence-corrected chi connectivity index (χ4v) is 12.6. The van der Waals surface area contributed by atoms with E-state index in [2.05, 4.69) is 162 Å². The highest BCUT2D eigenvalue weighted by Crippen LogP contribution is 2.60. The summed E-state index contributed by atoms with van der Waals surface area (Å²) >= 11 is 0. The highest BCUT2D eigenvalue weighted by atomic mass is 15.1. The van der Waals surface area contributed by atoms with Crippen molar-refractivity contribution in [3.8, 4) is 33.4 Å². The molecule has 0 aliphatic heterocycles. The zero-order valence-corrected chi connectivity index (χ0v) is 45.0. The van der Waals surface area contributed by atoms with Crippen molar-refractivity contribution in [2.24, 2.45) is 0 Å². The smallest absolute Gasteiger partial charge is 0.0465 e. The fourth-order valence-electron chi connectivity index (χ4n) is 12.6. The van der Waals surface area contributed by atoms with E-state index in [1.807, 2.05) is 0 Å². The van der Waals surface area contributed by atoms with Gasteiger partial charge in [-0.25, -0.2) is 0 Å². The summed E-state index contributed by atoms with van der Waals surface area (Å²) in [6.45, 7) is 14.1. The van der Waals surface area contributed by atoms with Gasteiger partial charge in [0.25, 0.3) is 0 Å². The van der Waals surface area contributed by atoms with Crippen molar-refractivity contribution in [1.29, 1.82) is 0 Å². The second-order valence-electron chi connectivity index (χ2n) is 22.3. The van der Waals surface area contributed by atoms with Crippen LogP contribution in [0.15, 0.2) is 115 Å². The van der Waals surface area contributed by atoms with E-state index in [4.69, 9.17) is 11.5 Å². The third kappa shape index (κ3) is 11.5. The lowest BCUT2D eigenvalue weighted by atomic mass is 9.68. The topological polar surface area (TPSA) is 55.3 Å². The van der Waals surface area contributed by atoms with Crippen molar-refractivity contribution < 1.29 is 0 Å². The van der Waals surface area contributed by atoms with Gasteiger partial charge in [0.1, 0.15) is 0 Å². The number of hydrogen-bond acceptors (Lipinski definition) is 3. The van der Waals surface area contributed by atoms with Crippen LogP contribution in [0.4, 0.5) is 28.4 Å². The van der Waals surface area contributed by atoms with E-state index in [0.717, 1.165) is 37.1 Å². The molecule has 3 heteroatoms. The number of aryl methyl sites for hydroxylation is 2. The Kier molecular flexibility index (Phi) is 17.9. The molecular weight excluding hydrogens is 859 g/mol. The molecule has 0 spiro atoms. The van der Waals surface area contributed by atoms with Gasteiger partial charge in [-0.3, -0.25) is 0 Å². The molecule has 0 saturated heterocycles. The monoisotopic (exact) mass is 948 g/mol. The summed E-state index contributed by atoms with van der Waals surface area (Å²) in [5.74, 6) is 0. The molecule has 0 heterocycles. The van der Waals surface area contributed by atoms with Gasteiger partial charge in [0.15, 0.2) is 0 Å². The Morgan fingerprint density at radius 2 is 0.831 bits per heavy atom. The minimum atomic E-state index is -0.231. The lowest BCUT2D eigenvalue weighted by Crippen LogP contribution is -2.27. The number of anilines is 5. The summed E-state index contributed by atoms with van der Waals surface area (Å²) in [6.07, 6.45) is 30.2. The van der Waals surface area contributed by atoms with Gasteiger partial charge in [-0.05, 0) is 160 Å². The van der Waals surface area contributed by atoms with Gasteiger partial charge in [-0.2, -0.15) is 0 Å². The molecule has 376 valence electrons. The Balaban J connectivity index is 1.17. The van der Waals surface area contributed by atoms with E-state index < -0.39 is 0 Å². The number of rotatable bonds is 28. The molecule has 4 N–H and O–H groups in total. The third-order valence-corrected chi connectivity index (χ3v) is 16.7. The normalized spacial score (nSPS) is 13.8. The molecule has 3 nitrogen and oxygen atoms in total. The van der Waals surface area contributed by atoms with Gasteiger partial charge in [0.2, 0.25) is 0 Å². The van der Waals surface area contributed by atoms with Gasteiger partial charge in [-0.1, -0.05) is 212 Å². The fraction of sp³-hybridized carbons (Fsp3) is 0.471. The van der Waals surface area contributed by atoms with Crippen molar-refractivity contribution in [2.45, 2.75) is 206 Å². The van der Waals surface area contributed by atoms with Gasteiger partial charge in [-0.15, -0.1) is 0 Å². The Bertz CT molecular complexity index is 2580. The number of hydrogen-bond donors (Lipinski definition) is 2. The number of unbranched alkanes of at least 4 members (excludes halogenated alkanes) is 16. The molecule has 6 aromatic rings.